The van der Waals surface area contributed by atoms with E-state index in [1.54, 1.807) is 13.8 Å². The van der Waals surface area contributed by atoms with Gasteiger partial charge >= 0.3 is 0 Å². The van der Waals surface area contributed by atoms with Crippen molar-refractivity contribution in [2.75, 3.05) is 6.54 Å². The van der Waals surface area contributed by atoms with Crippen LogP contribution in [0.5, 0.6) is 0 Å². The Morgan fingerprint density at radius 1 is 1.15 bits per heavy atom. The second-order valence-corrected chi connectivity index (χ2v) is 4.90. The van der Waals surface area contributed by atoms with Crippen LogP contribution in [-0.2, 0) is 16.0 Å². The molecule has 0 aliphatic heterocycles. The molecule has 0 aliphatic carbocycles. The van der Waals surface area contributed by atoms with Gasteiger partial charge in [-0.3, -0.25) is 9.59 Å². The minimum Gasteiger partial charge on any atom is -0.354 e. The number of nitrogens with two attached hydrogens (primary N) is 1. The highest BCUT2D eigenvalue weighted by Gasteiger charge is 2.16. The van der Waals surface area contributed by atoms with Crippen LogP contribution in [0.25, 0.3) is 0 Å². The number of hydrogen-bond acceptors (Lipinski definition) is 3. The van der Waals surface area contributed by atoms with Gasteiger partial charge < -0.3 is 16.4 Å². The molecule has 0 fully saturated rings. The summed E-state index contributed by atoms with van der Waals surface area (Å²) >= 11 is 0. The van der Waals surface area contributed by atoms with E-state index in [0.717, 1.165) is 12.8 Å². The number of hydrogen-bond donors (Lipinski definition) is 3. The number of carbonyl (C=O) groups excluding carboxylic acids is 2. The van der Waals surface area contributed by atoms with Crippen molar-refractivity contribution in [3.8, 4) is 0 Å². The normalized spacial score (nSPS) is 13.3. The zero-order chi connectivity index (χ0) is 15.0. The van der Waals surface area contributed by atoms with Crippen molar-refractivity contribution in [1.29, 1.82) is 0 Å². The third-order valence-electron chi connectivity index (χ3n) is 2.95. The molecule has 5 heteroatoms. The second kappa shape index (κ2) is 8.32. The van der Waals surface area contributed by atoms with E-state index in [0.29, 0.717) is 6.54 Å². The zero-order valence-corrected chi connectivity index (χ0v) is 12.1. The Kier molecular flexibility index (Phi) is 6.73. The number of amides is 2. The van der Waals surface area contributed by atoms with E-state index in [9.17, 15) is 9.59 Å². The quantitative estimate of drug-likeness (QED) is 0.638. The van der Waals surface area contributed by atoms with Crippen molar-refractivity contribution in [3.63, 3.8) is 0 Å². The Morgan fingerprint density at radius 3 is 2.40 bits per heavy atom. The summed E-state index contributed by atoms with van der Waals surface area (Å²) < 4.78 is 0. The summed E-state index contributed by atoms with van der Waals surface area (Å²) in [5, 5.41) is 5.36. The third kappa shape index (κ3) is 5.84. The summed E-state index contributed by atoms with van der Waals surface area (Å²) in [4.78, 5) is 23.1. The SMILES string of the molecule is C[C@H](N)C(=O)N[C@@H](C)C(=O)NCCCc1ccccc1. The Hall–Kier alpha value is -1.88. The van der Waals surface area contributed by atoms with E-state index >= 15 is 0 Å². The molecular weight excluding hydrogens is 254 g/mol. The lowest BCUT2D eigenvalue weighted by Gasteiger charge is -2.15. The molecule has 0 radical (unpaired) electrons. The van der Waals surface area contributed by atoms with Crippen molar-refractivity contribution < 1.29 is 9.59 Å². The molecule has 2 atom stereocenters. The number of rotatable bonds is 7. The summed E-state index contributed by atoms with van der Waals surface area (Å²) in [5.74, 6) is -0.510. The van der Waals surface area contributed by atoms with E-state index < -0.39 is 12.1 Å². The first-order chi connectivity index (χ1) is 9.50. The van der Waals surface area contributed by atoms with Crippen LogP contribution in [0.4, 0.5) is 0 Å². The van der Waals surface area contributed by atoms with Gasteiger partial charge in [-0.15, -0.1) is 0 Å². The predicted octanol–water partition coefficient (Wildman–Crippen LogP) is 0.587. The first-order valence-electron chi connectivity index (χ1n) is 6.88. The summed E-state index contributed by atoms with van der Waals surface area (Å²) in [6, 6.07) is 8.93. The molecule has 0 saturated carbocycles. The highest BCUT2D eigenvalue weighted by atomic mass is 16.2. The van der Waals surface area contributed by atoms with E-state index in [-0.39, 0.29) is 11.8 Å². The fourth-order valence-corrected chi connectivity index (χ4v) is 1.71. The highest BCUT2D eigenvalue weighted by Crippen LogP contribution is 2.01. The maximum Gasteiger partial charge on any atom is 0.242 e. The fourth-order valence-electron chi connectivity index (χ4n) is 1.71. The lowest BCUT2D eigenvalue weighted by Crippen LogP contribution is -2.49. The van der Waals surface area contributed by atoms with Crippen LogP contribution in [0.3, 0.4) is 0 Å². The van der Waals surface area contributed by atoms with Crippen LogP contribution >= 0.6 is 0 Å². The molecule has 0 heterocycles. The number of nitrogens with one attached hydrogen (secondary N) is 2. The number of carbonyl (C=O) groups is 2. The third-order valence-corrected chi connectivity index (χ3v) is 2.95. The van der Waals surface area contributed by atoms with E-state index in [1.165, 1.54) is 5.56 Å². The average Bonchev–Trinajstić information content (AvgIpc) is 2.44. The summed E-state index contributed by atoms with van der Waals surface area (Å²) in [7, 11) is 0. The first-order valence-corrected chi connectivity index (χ1v) is 6.88. The molecule has 2 amide bonds. The Labute approximate surface area is 119 Å². The number of aryl methyl sites for hydroxylation is 1. The molecule has 0 saturated heterocycles. The Balaban J connectivity index is 2.21. The van der Waals surface area contributed by atoms with Gasteiger partial charge in [0.15, 0.2) is 0 Å². The molecule has 4 N–H and O–H groups in total. The Bertz CT molecular complexity index is 432. The topological polar surface area (TPSA) is 84.2 Å². The molecule has 1 rings (SSSR count). The molecule has 1 aromatic rings. The van der Waals surface area contributed by atoms with Crippen LogP contribution in [0, 0.1) is 0 Å². The van der Waals surface area contributed by atoms with Crippen molar-refractivity contribution in [1.82, 2.24) is 10.6 Å². The fraction of sp³-hybridized carbons (Fsp3) is 0.467. The molecular formula is C15H23N3O2. The minimum absolute atomic E-state index is 0.188. The lowest BCUT2D eigenvalue weighted by molar-refractivity contribution is -0.129. The molecule has 110 valence electrons. The van der Waals surface area contributed by atoms with Gasteiger partial charge in [0.05, 0.1) is 6.04 Å². The smallest absolute Gasteiger partial charge is 0.242 e. The molecule has 20 heavy (non-hydrogen) atoms. The van der Waals surface area contributed by atoms with Gasteiger partial charge in [0, 0.05) is 6.54 Å². The summed E-state index contributed by atoms with van der Waals surface area (Å²) in [6.45, 7) is 3.82. The summed E-state index contributed by atoms with van der Waals surface area (Å²) in [6.07, 6.45) is 1.78. The molecule has 1 aromatic carbocycles. The van der Waals surface area contributed by atoms with Crippen molar-refractivity contribution in [2.24, 2.45) is 5.73 Å². The monoisotopic (exact) mass is 277 g/mol. The maximum absolute atomic E-state index is 11.7. The summed E-state index contributed by atoms with van der Waals surface area (Å²) in [5.41, 5.74) is 6.68. The molecule has 0 bridgehead atoms. The van der Waals surface area contributed by atoms with E-state index in [4.69, 9.17) is 5.73 Å². The first kappa shape index (κ1) is 16.2. The molecule has 5 nitrogen and oxygen atoms in total. The van der Waals surface area contributed by atoms with Crippen molar-refractivity contribution in [2.45, 2.75) is 38.8 Å². The Morgan fingerprint density at radius 2 is 1.80 bits per heavy atom. The highest BCUT2D eigenvalue weighted by molar-refractivity contribution is 5.89. The van der Waals surface area contributed by atoms with Gasteiger partial charge in [-0.05, 0) is 32.3 Å². The average molecular weight is 277 g/mol. The van der Waals surface area contributed by atoms with Crippen LogP contribution in [0.1, 0.15) is 25.8 Å². The van der Waals surface area contributed by atoms with Gasteiger partial charge in [-0.2, -0.15) is 0 Å². The van der Waals surface area contributed by atoms with Crippen molar-refractivity contribution in [3.05, 3.63) is 35.9 Å². The van der Waals surface area contributed by atoms with Crippen LogP contribution in [-0.4, -0.2) is 30.4 Å². The number of benzene rings is 1. The van der Waals surface area contributed by atoms with E-state index in [1.807, 2.05) is 18.2 Å². The maximum atomic E-state index is 11.7. The second-order valence-electron chi connectivity index (χ2n) is 4.90. The molecule has 0 spiro atoms. The standard InChI is InChI=1S/C15H23N3O2/c1-11(16)14(19)18-12(2)15(20)17-10-6-9-13-7-4-3-5-8-13/h3-5,7-8,11-12H,6,9-10,16H2,1-2H3,(H,17,20)(H,18,19)/t11-,12-/m0/s1. The van der Waals surface area contributed by atoms with Crippen LogP contribution in [0.15, 0.2) is 30.3 Å². The largest absolute Gasteiger partial charge is 0.354 e. The predicted molar refractivity (Wildman–Crippen MR) is 79.0 cm³/mol. The van der Waals surface area contributed by atoms with Gasteiger partial charge in [-0.1, -0.05) is 30.3 Å². The van der Waals surface area contributed by atoms with Gasteiger partial charge in [0.2, 0.25) is 11.8 Å². The lowest BCUT2D eigenvalue weighted by atomic mass is 10.1. The molecule has 0 aliphatic rings. The molecule has 0 unspecified atom stereocenters. The van der Waals surface area contributed by atoms with Crippen molar-refractivity contribution >= 4 is 11.8 Å². The van der Waals surface area contributed by atoms with Crippen LogP contribution in [0.2, 0.25) is 0 Å². The molecule has 0 aromatic heterocycles. The van der Waals surface area contributed by atoms with Gasteiger partial charge in [0.25, 0.3) is 0 Å². The van der Waals surface area contributed by atoms with Crippen LogP contribution < -0.4 is 16.4 Å². The van der Waals surface area contributed by atoms with Gasteiger partial charge in [0.1, 0.15) is 6.04 Å². The minimum atomic E-state index is -0.608. The van der Waals surface area contributed by atoms with E-state index in [2.05, 4.69) is 22.8 Å². The van der Waals surface area contributed by atoms with Gasteiger partial charge in [-0.25, -0.2) is 0 Å². The zero-order valence-electron chi connectivity index (χ0n) is 12.1.